The smallest absolute Gasteiger partial charge is 0.283 e. The van der Waals surface area contributed by atoms with E-state index in [1.807, 2.05) is 6.20 Å². The highest BCUT2D eigenvalue weighted by atomic mass is 79.9. The average Bonchev–Trinajstić information content (AvgIpc) is 3.20. The minimum atomic E-state index is -0.0145. The van der Waals surface area contributed by atoms with Crippen LogP contribution in [0.15, 0.2) is 15.5 Å². The van der Waals surface area contributed by atoms with E-state index < -0.39 is 0 Å². The van der Waals surface area contributed by atoms with E-state index >= 15 is 0 Å². The Bertz CT molecular complexity index is 549. The van der Waals surface area contributed by atoms with Crippen LogP contribution in [0.4, 0.5) is 5.69 Å². The number of nitrogens with zero attached hydrogens (tertiary/aromatic N) is 3. The normalized spacial score (nSPS) is 21.7. The summed E-state index contributed by atoms with van der Waals surface area (Å²) >= 11 is 3.51. The quantitative estimate of drug-likeness (QED) is 0.850. The molecule has 0 spiro atoms. The number of rotatable bonds is 6. The van der Waals surface area contributed by atoms with Crippen molar-refractivity contribution in [1.29, 1.82) is 0 Å². The van der Waals surface area contributed by atoms with Crippen molar-refractivity contribution in [2.45, 2.75) is 57.7 Å². The zero-order chi connectivity index (χ0) is 14.8. The summed E-state index contributed by atoms with van der Waals surface area (Å²) in [6.07, 6.45) is 7.68. The van der Waals surface area contributed by atoms with Gasteiger partial charge in [-0.25, -0.2) is 4.68 Å². The molecule has 1 aliphatic carbocycles. The highest BCUT2D eigenvalue weighted by Gasteiger charge is 2.33. The molecule has 5 nitrogen and oxygen atoms in total. The lowest BCUT2D eigenvalue weighted by Crippen LogP contribution is -2.40. The standard InChI is InChI=1S/C15H23BrN4O/c1-2-8-20-15(21)14(16)13(9-18-20)19(12-5-6-12)10-11-4-3-7-17-11/h9,11-12,17H,2-8,10H2,1H3. The summed E-state index contributed by atoms with van der Waals surface area (Å²) in [5, 5.41) is 7.89. The van der Waals surface area contributed by atoms with Crippen molar-refractivity contribution in [2.24, 2.45) is 0 Å². The van der Waals surface area contributed by atoms with E-state index in [0.717, 1.165) is 25.2 Å². The fourth-order valence-electron chi connectivity index (χ4n) is 3.01. The Morgan fingerprint density at radius 1 is 1.48 bits per heavy atom. The van der Waals surface area contributed by atoms with Gasteiger partial charge in [0.05, 0.1) is 11.9 Å². The molecule has 1 saturated carbocycles. The first kappa shape index (κ1) is 15.0. The Balaban J connectivity index is 1.85. The predicted octanol–water partition coefficient (Wildman–Crippen LogP) is 2.14. The molecule has 2 aliphatic rings. The van der Waals surface area contributed by atoms with Gasteiger partial charge in [0, 0.05) is 25.2 Å². The van der Waals surface area contributed by atoms with Gasteiger partial charge in [0.25, 0.3) is 5.56 Å². The zero-order valence-corrected chi connectivity index (χ0v) is 14.1. The van der Waals surface area contributed by atoms with Crippen molar-refractivity contribution in [3.63, 3.8) is 0 Å². The van der Waals surface area contributed by atoms with Crippen molar-refractivity contribution >= 4 is 21.6 Å². The van der Waals surface area contributed by atoms with Crippen LogP contribution in [0.3, 0.4) is 0 Å². The molecule has 1 saturated heterocycles. The predicted molar refractivity (Wildman–Crippen MR) is 87.9 cm³/mol. The molecular weight excluding hydrogens is 332 g/mol. The zero-order valence-electron chi connectivity index (χ0n) is 12.5. The summed E-state index contributed by atoms with van der Waals surface area (Å²) in [5.74, 6) is 0. The minimum Gasteiger partial charge on any atom is -0.365 e. The van der Waals surface area contributed by atoms with E-state index in [0.29, 0.717) is 23.1 Å². The number of anilines is 1. The Labute approximate surface area is 133 Å². The van der Waals surface area contributed by atoms with Crippen LogP contribution in [-0.2, 0) is 6.54 Å². The van der Waals surface area contributed by atoms with Crippen molar-refractivity contribution < 1.29 is 0 Å². The molecule has 0 radical (unpaired) electrons. The maximum absolute atomic E-state index is 12.4. The van der Waals surface area contributed by atoms with E-state index in [1.165, 1.54) is 25.7 Å². The molecule has 2 heterocycles. The molecule has 1 aliphatic heterocycles. The summed E-state index contributed by atoms with van der Waals surface area (Å²) in [4.78, 5) is 14.7. The average molecular weight is 355 g/mol. The highest BCUT2D eigenvalue weighted by molar-refractivity contribution is 9.10. The van der Waals surface area contributed by atoms with Gasteiger partial charge >= 0.3 is 0 Å². The second kappa shape index (κ2) is 6.48. The Morgan fingerprint density at radius 3 is 2.90 bits per heavy atom. The minimum absolute atomic E-state index is 0.0145. The second-order valence-corrected chi connectivity index (χ2v) is 6.84. The summed E-state index contributed by atoms with van der Waals surface area (Å²) in [6.45, 7) is 4.81. The van der Waals surface area contributed by atoms with E-state index in [-0.39, 0.29) is 5.56 Å². The van der Waals surface area contributed by atoms with Crippen molar-refractivity contribution in [2.75, 3.05) is 18.0 Å². The van der Waals surface area contributed by atoms with Gasteiger partial charge in [-0.05, 0) is 54.6 Å². The third-order valence-corrected chi connectivity index (χ3v) is 5.02. The van der Waals surface area contributed by atoms with Gasteiger partial charge in [0.15, 0.2) is 0 Å². The van der Waals surface area contributed by atoms with Crippen molar-refractivity contribution in [3.8, 4) is 0 Å². The summed E-state index contributed by atoms with van der Waals surface area (Å²) < 4.78 is 2.21. The summed E-state index contributed by atoms with van der Waals surface area (Å²) in [6, 6.07) is 1.11. The van der Waals surface area contributed by atoms with E-state index in [2.05, 4.69) is 38.2 Å². The van der Waals surface area contributed by atoms with Crippen LogP contribution < -0.4 is 15.8 Å². The van der Waals surface area contributed by atoms with Crippen LogP contribution in [0.5, 0.6) is 0 Å². The fraction of sp³-hybridized carbons (Fsp3) is 0.733. The lowest BCUT2D eigenvalue weighted by molar-refractivity contribution is 0.554. The molecule has 116 valence electrons. The molecule has 1 aromatic rings. The number of nitrogens with one attached hydrogen (secondary N) is 1. The molecule has 0 bridgehead atoms. The molecular formula is C15H23BrN4O. The molecule has 1 unspecified atom stereocenters. The first-order chi connectivity index (χ1) is 10.2. The topological polar surface area (TPSA) is 50.2 Å². The first-order valence-electron chi connectivity index (χ1n) is 7.96. The van der Waals surface area contributed by atoms with Gasteiger partial charge in [-0.2, -0.15) is 5.10 Å². The Morgan fingerprint density at radius 2 is 2.29 bits per heavy atom. The molecule has 1 atom stereocenters. The van der Waals surface area contributed by atoms with Crippen LogP contribution in [0.25, 0.3) is 0 Å². The third-order valence-electron chi connectivity index (χ3n) is 4.28. The van der Waals surface area contributed by atoms with Gasteiger partial charge in [0.1, 0.15) is 4.47 Å². The van der Waals surface area contributed by atoms with Gasteiger partial charge in [0.2, 0.25) is 0 Å². The Hall–Kier alpha value is -0.880. The van der Waals surface area contributed by atoms with Crippen LogP contribution in [-0.4, -0.2) is 35.0 Å². The number of hydrogen-bond acceptors (Lipinski definition) is 4. The highest BCUT2D eigenvalue weighted by Crippen LogP contribution is 2.34. The maximum atomic E-state index is 12.4. The lowest BCUT2D eigenvalue weighted by atomic mass is 10.2. The second-order valence-electron chi connectivity index (χ2n) is 6.05. The first-order valence-corrected chi connectivity index (χ1v) is 8.75. The van der Waals surface area contributed by atoms with Gasteiger partial charge < -0.3 is 10.2 Å². The fourth-order valence-corrected chi connectivity index (χ4v) is 3.54. The van der Waals surface area contributed by atoms with Crippen LogP contribution in [0, 0.1) is 0 Å². The van der Waals surface area contributed by atoms with E-state index in [1.54, 1.807) is 4.68 Å². The molecule has 2 fully saturated rings. The summed E-state index contributed by atoms with van der Waals surface area (Å²) in [5.41, 5.74) is 0.947. The SMILES string of the molecule is CCCn1ncc(N(CC2CCCN2)C2CC2)c(Br)c1=O. The van der Waals surface area contributed by atoms with Gasteiger partial charge in [-0.1, -0.05) is 6.92 Å². The van der Waals surface area contributed by atoms with E-state index in [4.69, 9.17) is 0 Å². The third kappa shape index (κ3) is 3.31. The monoisotopic (exact) mass is 354 g/mol. The Kier molecular flexibility index (Phi) is 4.64. The maximum Gasteiger partial charge on any atom is 0.283 e. The van der Waals surface area contributed by atoms with Crippen LogP contribution in [0.1, 0.15) is 39.0 Å². The molecule has 1 N–H and O–H groups in total. The molecule has 1 aromatic heterocycles. The van der Waals surface area contributed by atoms with Gasteiger partial charge in [-0.15, -0.1) is 0 Å². The number of hydrogen-bond donors (Lipinski definition) is 1. The van der Waals surface area contributed by atoms with Crippen molar-refractivity contribution in [3.05, 3.63) is 21.0 Å². The lowest BCUT2D eigenvalue weighted by Gasteiger charge is -2.28. The molecule has 6 heteroatoms. The number of aryl methyl sites for hydroxylation is 1. The molecule has 0 amide bonds. The van der Waals surface area contributed by atoms with Crippen molar-refractivity contribution in [1.82, 2.24) is 15.1 Å². The number of aromatic nitrogens is 2. The van der Waals surface area contributed by atoms with E-state index in [9.17, 15) is 4.79 Å². The van der Waals surface area contributed by atoms with Crippen LogP contribution >= 0.6 is 15.9 Å². The molecule has 21 heavy (non-hydrogen) atoms. The summed E-state index contributed by atoms with van der Waals surface area (Å²) in [7, 11) is 0. The number of halogens is 1. The van der Waals surface area contributed by atoms with Gasteiger partial charge in [-0.3, -0.25) is 4.79 Å². The molecule has 3 rings (SSSR count). The molecule has 0 aromatic carbocycles. The van der Waals surface area contributed by atoms with Crippen LogP contribution in [0.2, 0.25) is 0 Å². The largest absolute Gasteiger partial charge is 0.365 e.